The maximum Gasteiger partial charge on any atom is 0.0781 e. The number of hydrogen-bond donors (Lipinski definition) is 2. The van der Waals surface area contributed by atoms with Crippen molar-refractivity contribution in [2.45, 2.75) is 32.9 Å². The number of nitrogens with two attached hydrogens (primary N) is 1. The van der Waals surface area contributed by atoms with Crippen molar-refractivity contribution in [2.75, 3.05) is 0 Å². The van der Waals surface area contributed by atoms with E-state index in [9.17, 15) is 5.11 Å². The molecule has 2 nitrogen and oxygen atoms in total. The molecule has 0 radical (unpaired) electrons. The van der Waals surface area contributed by atoms with Gasteiger partial charge in [-0.1, -0.05) is 48.3 Å². The molecule has 0 heterocycles. The summed E-state index contributed by atoms with van der Waals surface area (Å²) in [6, 6.07) is 4.99. The van der Waals surface area contributed by atoms with Crippen LogP contribution >= 0.6 is 27.5 Å². The highest BCUT2D eigenvalue weighted by Gasteiger charge is 2.30. The summed E-state index contributed by atoms with van der Waals surface area (Å²) in [5.41, 5.74) is 6.53. The first-order chi connectivity index (χ1) is 7.23. The van der Waals surface area contributed by atoms with Crippen molar-refractivity contribution < 1.29 is 5.11 Å². The van der Waals surface area contributed by atoms with Gasteiger partial charge in [-0.2, -0.15) is 0 Å². The molecule has 1 aromatic carbocycles. The van der Waals surface area contributed by atoms with Crippen LogP contribution in [0.2, 0.25) is 5.02 Å². The third-order valence-electron chi connectivity index (χ3n) is 2.54. The first-order valence-corrected chi connectivity index (χ1v) is 6.29. The van der Waals surface area contributed by atoms with Gasteiger partial charge in [-0.3, -0.25) is 0 Å². The standard InChI is InChI=1S/C12H17BrClNO/c1-12(2,3)11(16)10(15)8-6-7(13)4-5-9(8)14/h4-6,10-11,16H,15H2,1-3H3/t10-,11-/m1/s1. The Kier molecular flexibility index (Phi) is 4.41. The predicted octanol–water partition coefficient (Wildman–Crippen LogP) is 3.51. The van der Waals surface area contributed by atoms with E-state index in [0.717, 1.165) is 10.0 Å². The summed E-state index contributed by atoms with van der Waals surface area (Å²) in [6.07, 6.45) is -0.640. The smallest absolute Gasteiger partial charge is 0.0781 e. The van der Waals surface area contributed by atoms with E-state index >= 15 is 0 Å². The molecule has 4 heteroatoms. The molecule has 3 N–H and O–H groups in total. The van der Waals surface area contributed by atoms with Gasteiger partial charge in [0.1, 0.15) is 0 Å². The molecule has 1 rings (SSSR count). The van der Waals surface area contributed by atoms with E-state index in [0.29, 0.717) is 5.02 Å². The second kappa shape index (κ2) is 5.05. The monoisotopic (exact) mass is 305 g/mol. The molecule has 2 atom stereocenters. The van der Waals surface area contributed by atoms with Crippen LogP contribution in [0, 0.1) is 5.41 Å². The van der Waals surface area contributed by atoms with Crippen molar-refractivity contribution in [1.82, 2.24) is 0 Å². The highest BCUT2D eigenvalue weighted by molar-refractivity contribution is 9.10. The fourth-order valence-electron chi connectivity index (χ4n) is 1.48. The van der Waals surface area contributed by atoms with E-state index in [1.54, 1.807) is 6.07 Å². The number of halogens is 2. The van der Waals surface area contributed by atoms with Crippen molar-refractivity contribution in [3.8, 4) is 0 Å². The average Bonchev–Trinajstić information content (AvgIpc) is 2.18. The molecule has 0 bridgehead atoms. The summed E-state index contributed by atoms with van der Waals surface area (Å²) in [7, 11) is 0. The Morgan fingerprint density at radius 3 is 2.44 bits per heavy atom. The second-order valence-electron chi connectivity index (χ2n) is 5.00. The third kappa shape index (κ3) is 3.20. The molecule has 0 aromatic heterocycles. The van der Waals surface area contributed by atoms with Gasteiger partial charge in [-0.15, -0.1) is 0 Å². The molecular weight excluding hydrogens is 289 g/mol. The summed E-state index contributed by atoms with van der Waals surface area (Å²) < 4.78 is 0.906. The van der Waals surface area contributed by atoms with Crippen molar-refractivity contribution >= 4 is 27.5 Å². The van der Waals surface area contributed by atoms with Crippen LogP contribution in [0.25, 0.3) is 0 Å². The molecule has 0 fully saturated rings. The summed E-state index contributed by atoms with van der Waals surface area (Å²) in [5.74, 6) is 0. The van der Waals surface area contributed by atoms with E-state index in [-0.39, 0.29) is 5.41 Å². The maximum absolute atomic E-state index is 10.1. The van der Waals surface area contributed by atoms with Crippen LogP contribution < -0.4 is 5.73 Å². The Labute approximate surface area is 110 Å². The normalized spacial score (nSPS) is 15.9. The quantitative estimate of drug-likeness (QED) is 0.878. The highest BCUT2D eigenvalue weighted by atomic mass is 79.9. The Balaban J connectivity index is 3.05. The third-order valence-corrected chi connectivity index (χ3v) is 3.38. The van der Waals surface area contributed by atoms with Crippen LogP contribution in [0.15, 0.2) is 22.7 Å². The fraction of sp³-hybridized carbons (Fsp3) is 0.500. The molecule has 1 aromatic rings. The van der Waals surface area contributed by atoms with E-state index in [4.69, 9.17) is 17.3 Å². The number of aliphatic hydroxyl groups is 1. The lowest BCUT2D eigenvalue weighted by atomic mass is 9.82. The van der Waals surface area contributed by atoms with Crippen LogP contribution in [0.5, 0.6) is 0 Å². The van der Waals surface area contributed by atoms with E-state index in [2.05, 4.69) is 15.9 Å². The van der Waals surface area contributed by atoms with Crippen LogP contribution in [0.4, 0.5) is 0 Å². The summed E-state index contributed by atoms with van der Waals surface area (Å²) >= 11 is 9.44. The average molecular weight is 307 g/mol. The lowest BCUT2D eigenvalue weighted by molar-refractivity contribution is 0.0401. The Morgan fingerprint density at radius 1 is 1.38 bits per heavy atom. The Hall–Kier alpha value is -0.0900. The minimum absolute atomic E-state index is 0.273. The molecule has 0 unspecified atom stereocenters. The Morgan fingerprint density at radius 2 is 1.94 bits per heavy atom. The van der Waals surface area contributed by atoms with Crippen LogP contribution in [0.3, 0.4) is 0 Å². The van der Waals surface area contributed by atoms with Crippen molar-refractivity contribution in [2.24, 2.45) is 11.1 Å². The fourth-order valence-corrected chi connectivity index (χ4v) is 2.10. The van der Waals surface area contributed by atoms with Crippen LogP contribution in [0.1, 0.15) is 32.4 Å². The minimum Gasteiger partial charge on any atom is -0.391 e. The molecule has 0 amide bonds. The molecule has 16 heavy (non-hydrogen) atoms. The van der Waals surface area contributed by atoms with Gasteiger partial charge in [-0.25, -0.2) is 0 Å². The van der Waals surface area contributed by atoms with Crippen molar-refractivity contribution in [3.05, 3.63) is 33.3 Å². The topological polar surface area (TPSA) is 46.2 Å². The number of hydrogen-bond acceptors (Lipinski definition) is 2. The van der Waals surface area contributed by atoms with E-state index in [1.807, 2.05) is 32.9 Å². The van der Waals surface area contributed by atoms with Gasteiger partial charge in [0.2, 0.25) is 0 Å². The lowest BCUT2D eigenvalue weighted by Gasteiger charge is -2.31. The maximum atomic E-state index is 10.1. The largest absolute Gasteiger partial charge is 0.391 e. The van der Waals surface area contributed by atoms with Gasteiger partial charge in [0.25, 0.3) is 0 Å². The van der Waals surface area contributed by atoms with E-state index < -0.39 is 12.1 Å². The van der Waals surface area contributed by atoms with Crippen LogP contribution in [-0.2, 0) is 0 Å². The summed E-state index contributed by atoms with van der Waals surface area (Å²) in [6.45, 7) is 5.84. The first-order valence-electron chi connectivity index (χ1n) is 5.12. The predicted molar refractivity (Wildman–Crippen MR) is 71.5 cm³/mol. The van der Waals surface area contributed by atoms with E-state index in [1.165, 1.54) is 0 Å². The van der Waals surface area contributed by atoms with Gasteiger partial charge < -0.3 is 10.8 Å². The zero-order valence-corrected chi connectivity index (χ0v) is 12.0. The molecular formula is C12H17BrClNO. The van der Waals surface area contributed by atoms with Gasteiger partial charge in [0, 0.05) is 9.50 Å². The summed E-state index contributed by atoms with van der Waals surface area (Å²) in [4.78, 5) is 0. The molecule has 90 valence electrons. The van der Waals surface area contributed by atoms with Gasteiger partial charge >= 0.3 is 0 Å². The first kappa shape index (κ1) is 14.0. The summed E-state index contributed by atoms with van der Waals surface area (Å²) in [5, 5.41) is 10.7. The molecule has 0 saturated carbocycles. The van der Waals surface area contributed by atoms with Gasteiger partial charge in [0.15, 0.2) is 0 Å². The molecule has 0 aliphatic rings. The number of aliphatic hydroxyl groups excluding tert-OH is 1. The zero-order chi connectivity index (χ0) is 12.5. The second-order valence-corrected chi connectivity index (χ2v) is 6.33. The Bertz CT molecular complexity index is 376. The minimum atomic E-state index is -0.640. The zero-order valence-electron chi connectivity index (χ0n) is 9.67. The van der Waals surface area contributed by atoms with Crippen LogP contribution in [-0.4, -0.2) is 11.2 Å². The molecule has 0 aliphatic carbocycles. The molecule has 0 aliphatic heterocycles. The number of benzene rings is 1. The SMILES string of the molecule is CC(C)(C)[C@H](O)[C@H](N)c1cc(Br)ccc1Cl. The van der Waals surface area contributed by atoms with Crippen molar-refractivity contribution in [3.63, 3.8) is 0 Å². The van der Waals surface area contributed by atoms with Gasteiger partial charge in [-0.05, 0) is 29.2 Å². The van der Waals surface area contributed by atoms with Gasteiger partial charge in [0.05, 0.1) is 12.1 Å². The lowest BCUT2D eigenvalue weighted by Crippen LogP contribution is -2.37. The molecule has 0 saturated heterocycles. The van der Waals surface area contributed by atoms with Crippen molar-refractivity contribution in [1.29, 1.82) is 0 Å². The molecule has 0 spiro atoms. The highest BCUT2D eigenvalue weighted by Crippen LogP contribution is 2.33. The number of rotatable bonds is 2.